The van der Waals surface area contributed by atoms with Gasteiger partial charge < -0.3 is 9.64 Å². The Morgan fingerprint density at radius 1 is 1.17 bits per heavy atom. The first kappa shape index (κ1) is 20.5. The Morgan fingerprint density at radius 3 is 2.67 bits per heavy atom. The van der Waals surface area contributed by atoms with E-state index in [4.69, 9.17) is 4.74 Å². The molecule has 2 aromatic carbocycles. The van der Waals surface area contributed by atoms with Gasteiger partial charge in [-0.3, -0.25) is 4.79 Å². The zero-order valence-corrected chi connectivity index (χ0v) is 17.6. The third-order valence-electron chi connectivity index (χ3n) is 6.01. The minimum Gasteiger partial charge on any atom is -0.492 e. The molecule has 1 heterocycles. The van der Waals surface area contributed by atoms with Crippen molar-refractivity contribution in [2.45, 2.75) is 33.1 Å². The molecule has 1 unspecified atom stereocenters. The van der Waals surface area contributed by atoms with Gasteiger partial charge in [0.1, 0.15) is 18.2 Å². The number of hydrazone groups is 1. The molecule has 30 heavy (non-hydrogen) atoms. The Balaban J connectivity index is 1.51. The fraction of sp³-hybridized carbons (Fsp3) is 0.417. The first-order valence-corrected chi connectivity index (χ1v) is 10.7. The van der Waals surface area contributed by atoms with Crippen molar-refractivity contribution in [3.63, 3.8) is 0 Å². The normalized spacial score (nSPS) is 18.1. The number of carbonyl (C=O) groups excluding carboxylic acids is 1. The van der Waals surface area contributed by atoms with E-state index in [9.17, 15) is 9.18 Å². The Kier molecular flexibility index (Phi) is 6.13. The average molecular weight is 410 g/mol. The summed E-state index contributed by atoms with van der Waals surface area (Å²) >= 11 is 0. The molecule has 0 saturated carbocycles. The standard InChI is InChI=1S/C24H28FN3O2/c1-3-27(4-2)13-14-30-21-11-9-20(10-12-21)28-23(29)15-18-6-5-17-7-8-19(25)16-22(17)24(18)26-28/h7-12,16,18H,3-6,13-15H2,1-2H3. The lowest BCUT2D eigenvalue weighted by molar-refractivity contribution is -0.119. The summed E-state index contributed by atoms with van der Waals surface area (Å²) in [5, 5.41) is 6.11. The third-order valence-corrected chi connectivity index (χ3v) is 6.01. The first-order valence-electron chi connectivity index (χ1n) is 10.7. The number of hydrogen-bond acceptors (Lipinski definition) is 4. The molecular weight excluding hydrogens is 381 g/mol. The molecule has 0 aromatic heterocycles. The van der Waals surface area contributed by atoms with Gasteiger partial charge >= 0.3 is 0 Å². The molecule has 0 spiro atoms. The number of likely N-dealkylation sites (N-methyl/N-ethyl adjacent to an activating group) is 1. The molecule has 0 fully saturated rings. The van der Waals surface area contributed by atoms with Gasteiger partial charge in [-0.05, 0) is 67.9 Å². The molecule has 5 nitrogen and oxygen atoms in total. The lowest BCUT2D eigenvalue weighted by atomic mass is 9.79. The van der Waals surface area contributed by atoms with Crippen LogP contribution in [0.1, 0.15) is 37.8 Å². The van der Waals surface area contributed by atoms with Crippen molar-refractivity contribution < 1.29 is 13.9 Å². The summed E-state index contributed by atoms with van der Waals surface area (Å²) in [6, 6.07) is 12.3. The summed E-state index contributed by atoms with van der Waals surface area (Å²) in [6.45, 7) is 7.78. The van der Waals surface area contributed by atoms with Crippen LogP contribution in [0, 0.1) is 11.7 Å². The molecular formula is C24H28FN3O2. The van der Waals surface area contributed by atoms with Crippen LogP contribution in [-0.4, -0.2) is 42.8 Å². The molecule has 1 amide bonds. The van der Waals surface area contributed by atoms with Crippen LogP contribution >= 0.6 is 0 Å². The van der Waals surface area contributed by atoms with E-state index in [-0.39, 0.29) is 17.6 Å². The largest absolute Gasteiger partial charge is 0.492 e. The smallest absolute Gasteiger partial charge is 0.248 e. The van der Waals surface area contributed by atoms with Gasteiger partial charge in [0.25, 0.3) is 0 Å². The number of halogens is 1. The lowest BCUT2D eigenvalue weighted by Crippen LogP contribution is -2.39. The van der Waals surface area contributed by atoms with E-state index in [0.717, 1.165) is 55.1 Å². The van der Waals surface area contributed by atoms with E-state index in [2.05, 4.69) is 23.8 Å². The number of carbonyl (C=O) groups is 1. The van der Waals surface area contributed by atoms with E-state index in [1.807, 2.05) is 30.3 Å². The Morgan fingerprint density at radius 2 is 1.93 bits per heavy atom. The van der Waals surface area contributed by atoms with E-state index in [1.165, 1.54) is 11.1 Å². The second-order valence-corrected chi connectivity index (χ2v) is 7.80. The second kappa shape index (κ2) is 8.96. The van der Waals surface area contributed by atoms with Gasteiger partial charge in [0.15, 0.2) is 0 Å². The van der Waals surface area contributed by atoms with Crippen LogP contribution in [0.4, 0.5) is 10.1 Å². The summed E-state index contributed by atoms with van der Waals surface area (Å²) < 4.78 is 19.7. The van der Waals surface area contributed by atoms with Gasteiger partial charge in [-0.2, -0.15) is 5.10 Å². The first-order chi connectivity index (χ1) is 14.6. The number of hydrogen-bond donors (Lipinski definition) is 0. The predicted octanol–water partition coefficient (Wildman–Crippen LogP) is 4.25. The SMILES string of the molecule is CCN(CC)CCOc1ccc(N2N=C3c4cc(F)ccc4CCC3CC2=O)cc1. The van der Waals surface area contributed by atoms with Gasteiger partial charge in [-0.25, -0.2) is 9.40 Å². The topological polar surface area (TPSA) is 45.1 Å². The molecule has 0 bridgehead atoms. The van der Waals surface area contributed by atoms with E-state index >= 15 is 0 Å². The average Bonchev–Trinajstić information content (AvgIpc) is 2.76. The van der Waals surface area contributed by atoms with Crippen molar-refractivity contribution in [2.75, 3.05) is 31.3 Å². The van der Waals surface area contributed by atoms with Crippen LogP contribution in [0.2, 0.25) is 0 Å². The van der Waals surface area contributed by atoms with Gasteiger partial charge in [0.2, 0.25) is 5.91 Å². The molecule has 2 aliphatic rings. The third kappa shape index (κ3) is 4.24. The zero-order chi connectivity index (χ0) is 21.1. The van der Waals surface area contributed by atoms with Gasteiger partial charge in [0.05, 0.1) is 11.4 Å². The quantitative estimate of drug-likeness (QED) is 0.687. The number of ether oxygens (including phenoxy) is 1. The maximum Gasteiger partial charge on any atom is 0.248 e. The summed E-state index contributed by atoms with van der Waals surface area (Å²) in [5.74, 6) is 0.530. The highest BCUT2D eigenvalue weighted by Gasteiger charge is 2.34. The number of rotatable bonds is 7. The van der Waals surface area contributed by atoms with Crippen LogP contribution in [0.5, 0.6) is 5.75 Å². The molecule has 6 heteroatoms. The highest BCUT2D eigenvalue weighted by Crippen LogP contribution is 2.34. The fourth-order valence-electron chi connectivity index (χ4n) is 4.20. The monoisotopic (exact) mass is 409 g/mol. The lowest BCUT2D eigenvalue weighted by Gasteiger charge is -2.33. The molecule has 1 aliphatic carbocycles. The van der Waals surface area contributed by atoms with Gasteiger partial charge in [-0.1, -0.05) is 19.9 Å². The number of nitrogens with zero attached hydrogens (tertiary/aromatic N) is 3. The number of fused-ring (bicyclic) bond motifs is 3. The minimum absolute atomic E-state index is 0.0289. The van der Waals surface area contributed by atoms with Crippen molar-refractivity contribution in [1.29, 1.82) is 0 Å². The predicted molar refractivity (Wildman–Crippen MR) is 117 cm³/mol. The maximum absolute atomic E-state index is 13.8. The second-order valence-electron chi connectivity index (χ2n) is 7.80. The molecule has 0 N–H and O–H groups in total. The summed E-state index contributed by atoms with van der Waals surface area (Å²) in [4.78, 5) is 15.0. The number of aryl methyl sites for hydroxylation is 1. The number of benzene rings is 2. The molecule has 4 rings (SSSR count). The van der Waals surface area contributed by atoms with Crippen LogP contribution in [0.25, 0.3) is 0 Å². The van der Waals surface area contributed by atoms with Crippen molar-refractivity contribution in [3.8, 4) is 5.75 Å². The number of anilines is 1. The summed E-state index contributed by atoms with van der Waals surface area (Å²) in [7, 11) is 0. The highest BCUT2D eigenvalue weighted by atomic mass is 19.1. The molecule has 0 radical (unpaired) electrons. The van der Waals surface area contributed by atoms with E-state index in [1.54, 1.807) is 6.07 Å². The Hall–Kier alpha value is -2.73. The zero-order valence-electron chi connectivity index (χ0n) is 17.6. The maximum atomic E-state index is 13.8. The molecule has 0 saturated heterocycles. The van der Waals surface area contributed by atoms with E-state index in [0.29, 0.717) is 18.7 Å². The van der Waals surface area contributed by atoms with Crippen molar-refractivity contribution in [1.82, 2.24) is 4.90 Å². The van der Waals surface area contributed by atoms with Crippen molar-refractivity contribution in [3.05, 3.63) is 59.4 Å². The summed E-state index contributed by atoms with van der Waals surface area (Å²) in [5.41, 5.74) is 3.44. The highest BCUT2D eigenvalue weighted by molar-refractivity contribution is 6.11. The van der Waals surface area contributed by atoms with Gasteiger partial charge in [-0.15, -0.1) is 0 Å². The fourth-order valence-corrected chi connectivity index (χ4v) is 4.20. The molecule has 1 aliphatic heterocycles. The van der Waals surface area contributed by atoms with Crippen molar-refractivity contribution >= 4 is 17.3 Å². The number of amides is 1. The molecule has 2 aromatic rings. The minimum atomic E-state index is -0.272. The van der Waals surface area contributed by atoms with Crippen LogP contribution in [0.3, 0.4) is 0 Å². The molecule has 1 atom stereocenters. The van der Waals surface area contributed by atoms with Crippen LogP contribution in [-0.2, 0) is 11.2 Å². The molecule has 158 valence electrons. The van der Waals surface area contributed by atoms with Crippen molar-refractivity contribution in [2.24, 2.45) is 11.0 Å². The van der Waals surface area contributed by atoms with Crippen LogP contribution in [0.15, 0.2) is 47.6 Å². The summed E-state index contributed by atoms with van der Waals surface area (Å²) in [6.07, 6.45) is 2.12. The van der Waals surface area contributed by atoms with Gasteiger partial charge in [0, 0.05) is 24.4 Å². The van der Waals surface area contributed by atoms with Crippen LogP contribution < -0.4 is 9.75 Å². The Labute approximate surface area is 177 Å². The van der Waals surface area contributed by atoms with E-state index < -0.39 is 0 Å². The Bertz CT molecular complexity index is 938.